The van der Waals surface area contributed by atoms with Crippen molar-refractivity contribution in [1.29, 1.82) is 0 Å². The third kappa shape index (κ3) is 2.50. The van der Waals surface area contributed by atoms with E-state index in [1.54, 1.807) is 12.1 Å². The first-order chi connectivity index (χ1) is 7.16. The van der Waals surface area contributed by atoms with Crippen LogP contribution in [0.1, 0.15) is 24.8 Å². The standard InChI is InChI=1S/C12H14ClFO/c13-10-6-8(4-5-11(10)14)7-12(15)9-2-1-3-9/h4-6,9,12,15H,1-3,7H2. The molecule has 15 heavy (non-hydrogen) atoms. The number of aliphatic hydroxyl groups excluding tert-OH is 1. The van der Waals surface area contributed by atoms with Gasteiger partial charge >= 0.3 is 0 Å². The summed E-state index contributed by atoms with van der Waals surface area (Å²) in [5.41, 5.74) is 0.904. The topological polar surface area (TPSA) is 20.2 Å². The van der Waals surface area contributed by atoms with Crippen LogP contribution in [0, 0.1) is 11.7 Å². The van der Waals surface area contributed by atoms with Gasteiger partial charge in [0, 0.05) is 0 Å². The van der Waals surface area contributed by atoms with Crippen molar-refractivity contribution in [1.82, 2.24) is 0 Å². The summed E-state index contributed by atoms with van der Waals surface area (Å²) < 4.78 is 12.9. The highest BCUT2D eigenvalue weighted by atomic mass is 35.5. The lowest BCUT2D eigenvalue weighted by Crippen LogP contribution is -2.28. The zero-order valence-corrected chi connectivity index (χ0v) is 9.17. The molecular formula is C12H14ClFO. The molecule has 1 aromatic carbocycles. The van der Waals surface area contributed by atoms with E-state index in [0.717, 1.165) is 18.4 Å². The molecule has 82 valence electrons. The summed E-state index contributed by atoms with van der Waals surface area (Å²) in [7, 11) is 0. The Morgan fingerprint density at radius 2 is 2.20 bits per heavy atom. The first-order valence-electron chi connectivity index (χ1n) is 5.29. The smallest absolute Gasteiger partial charge is 0.141 e. The largest absolute Gasteiger partial charge is 0.392 e. The lowest BCUT2D eigenvalue weighted by Gasteiger charge is -2.30. The van der Waals surface area contributed by atoms with Gasteiger partial charge in [0.1, 0.15) is 5.82 Å². The van der Waals surface area contributed by atoms with Crippen LogP contribution in [0.25, 0.3) is 0 Å². The van der Waals surface area contributed by atoms with Crippen molar-refractivity contribution >= 4 is 11.6 Å². The zero-order valence-electron chi connectivity index (χ0n) is 8.42. The monoisotopic (exact) mass is 228 g/mol. The fraction of sp³-hybridized carbons (Fsp3) is 0.500. The maximum absolute atomic E-state index is 12.9. The quantitative estimate of drug-likeness (QED) is 0.843. The average Bonchev–Trinajstić information content (AvgIpc) is 2.08. The SMILES string of the molecule is OC(Cc1ccc(F)c(Cl)c1)C1CCC1. The predicted molar refractivity (Wildman–Crippen MR) is 58.5 cm³/mol. The van der Waals surface area contributed by atoms with E-state index >= 15 is 0 Å². The van der Waals surface area contributed by atoms with Crippen LogP contribution in [-0.2, 0) is 6.42 Å². The molecule has 0 spiro atoms. The van der Waals surface area contributed by atoms with Crippen LogP contribution in [0.3, 0.4) is 0 Å². The van der Waals surface area contributed by atoms with Crippen LogP contribution in [0.15, 0.2) is 18.2 Å². The number of hydrogen-bond acceptors (Lipinski definition) is 1. The minimum Gasteiger partial charge on any atom is -0.392 e. The molecule has 1 saturated carbocycles. The van der Waals surface area contributed by atoms with Crippen molar-refractivity contribution in [2.75, 3.05) is 0 Å². The highest BCUT2D eigenvalue weighted by molar-refractivity contribution is 6.30. The molecule has 0 heterocycles. The molecule has 1 aromatic rings. The molecule has 2 rings (SSSR count). The molecule has 1 fully saturated rings. The molecule has 0 saturated heterocycles. The van der Waals surface area contributed by atoms with Crippen LogP contribution in [-0.4, -0.2) is 11.2 Å². The fourth-order valence-electron chi connectivity index (χ4n) is 1.90. The predicted octanol–water partition coefficient (Wildman–Crippen LogP) is 3.18. The Bertz CT molecular complexity index is 349. The van der Waals surface area contributed by atoms with Crippen LogP contribution in [0.5, 0.6) is 0 Å². The summed E-state index contributed by atoms with van der Waals surface area (Å²) in [6.07, 6.45) is 3.70. The molecule has 1 aliphatic rings. The average molecular weight is 229 g/mol. The Hall–Kier alpha value is -0.600. The Balaban J connectivity index is 2.00. The Morgan fingerprint density at radius 1 is 1.47 bits per heavy atom. The maximum atomic E-state index is 12.9. The van der Waals surface area contributed by atoms with Gasteiger partial charge in [-0.2, -0.15) is 0 Å². The van der Waals surface area contributed by atoms with Crippen molar-refractivity contribution in [3.05, 3.63) is 34.6 Å². The fourth-order valence-corrected chi connectivity index (χ4v) is 2.10. The van der Waals surface area contributed by atoms with Gasteiger partial charge < -0.3 is 5.11 Å². The van der Waals surface area contributed by atoms with Crippen molar-refractivity contribution in [3.63, 3.8) is 0 Å². The third-order valence-corrected chi connectivity index (χ3v) is 3.41. The summed E-state index contributed by atoms with van der Waals surface area (Å²) in [5.74, 6) is 0.0207. The lowest BCUT2D eigenvalue weighted by atomic mass is 9.79. The number of rotatable bonds is 3. The minimum atomic E-state index is -0.404. The van der Waals surface area contributed by atoms with E-state index in [0.29, 0.717) is 12.3 Å². The second kappa shape index (κ2) is 4.50. The van der Waals surface area contributed by atoms with Crippen LogP contribution >= 0.6 is 11.6 Å². The number of benzene rings is 1. The van der Waals surface area contributed by atoms with E-state index in [4.69, 9.17) is 11.6 Å². The van der Waals surface area contributed by atoms with Gasteiger partial charge in [-0.1, -0.05) is 24.1 Å². The Morgan fingerprint density at radius 3 is 2.73 bits per heavy atom. The lowest BCUT2D eigenvalue weighted by molar-refractivity contribution is 0.0630. The van der Waals surface area contributed by atoms with E-state index in [-0.39, 0.29) is 11.1 Å². The first kappa shape index (κ1) is 10.9. The van der Waals surface area contributed by atoms with Crippen LogP contribution in [0.4, 0.5) is 4.39 Å². The summed E-state index contributed by atoms with van der Waals surface area (Å²) in [6, 6.07) is 4.63. The second-order valence-electron chi connectivity index (χ2n) is 4.21. The van der Waals surface area contributed by atoms with Crippen LogP contribution in [0.2, 0.25) is 5.02 Å². The van der Waals surface area contributed by atoms with Crippen molar-refractivity contribution < 1.29 is 9.50 Å². The summed E-state index contributed by atoms with van der Waals surface area (Å²) in [4.78, 5) is 0. The summed E-state index contributed by atoms with van der Waals surface area (Å²) in [6.45, 7) is 0. The molecule has 1 unspecified atom stereocenters. The third-order valence-electron chi connectivity index (χ3n) is 3.12. The van der Waals surface area contributed by atoms with E-state index in [1.165, 1.54) is 12.5 Å². The number of hydrogen-bond donors (Lipinski definition) is 1. The molecule has 1 nitrogen and oxygen atoms in total. The van der Waals surface area contributed by atoms with Gasteiger partial charge in [0.25, 0.3) is 0 Å². The van der Waals surface area contributed by atoms with Gasteiger partial charge in [0.2, 0.25) is 0 Å². The highest BCUT2D eigenvalue weighted by Gasteiger charge is 2.25. The summed E-state index contributed by atoms with van der Waals surface area (Å²) >= 11 is 5.67. The Kier molecular flexibility index (Phi) is 3.27. The number of halogens is 2. The summed E-state index contributed by atoms with van der Waals surface area (Å²) in [5, 5.41) is 9.98. The first-order valence-corrected chi connectivity index (χ1v) is 5.66. The molecule has 0 amide bonds. The molecule has 3 heteroatoms. The highest BCUT2D eigenvalue weighted by Crippen LogP contribution is 2.31. The molecule has 1 N–H and O–H groups in total. The number of aliphatic hydroxyl groups is 1. The van der Waals surface area contributed by atoms with E-state index in [2.05, 4.69) is 0 Å². The van der Waals surface area contributed by atoms with Crippen molar-refractivity contribution in [2.24, 2.45) is 5.92 Å². The molecule has 0 aliphatic heterocycles. The maximum Gasteiger partial charge on any atom is 0.141 e. The van der Waals surface area contributed by atoms with Gasteiger partial charge in [-0.15, -0.1) is 0 Å². The van der Waals surface area contributed by atoms with Gasteiger partial charge in [-0.05, 0) is 42.9 Å². The van der Waals surface area contributed by atoms with E-state index in [1.807, 2.05) is 0 Å². The van der Waals surface area contributed by atoms with Crippen molar-refractivity contribution in [3.8, 4) is 0 Å². The van der Waals surface area contributed by atoms with Gasteiger partial charge in [-0.25, -0.2) is 4.39 Å². The van der Waals surface area contributed by atoms with E-state index < -0.39 is 5.82 Å². The van der Waals surface area contributed by atoms with Crippen molar-refractivity contribution in [2.45, 2.75) is 31.8 Å². The molecule has 0 aromatic heterocycles. The van der Waals surface area contributed by atoms with Gasteiger partial charge in [-0.3, -0.25) is 0 Å². The normalized spacial score (nSPS) is 18.6. The van der Waals surface area contributed by atoms with Gasteiger partial charge in [0.05, 0.1) is 11.1 Å². The molecule has 0 bridgehead atoms. The second-order valence-corrected chi connectivity index (χ2v) is 4.62. The molecule has 0 radical (unpaired) electrons. The minimum absolute atomic E-state index is 0.133. The molecular weight excluding hydrogens is 215 g/mol. The van der Waals surface area contributed by atoms with E-state index in [9.17, 15) is 9.50 Å². The zero-order chi connectivity index (χ0) is 10.8. The molecule has 1 aliphatic carbocycles. The van der Waals surface area contributed by atoms with Crippen LogP contribution < -0.4 is 0 Å². The van der Waals surface area contributed by atoms with Gasteiger partial charge in [0.15, 0.2) is 0 Å². The Labute approximate surface area is 93.9 Å². The molecule has 1 atom stereocenters.